The Hall–Kier alpha value is -2.08. The Labute approximate surface area is 195 Å². The molecule has 1 aromatic heterocycles. The van der Waals surface area contributed by atoms with Crippen LogP contribution in [-0.2, 0) is 27.6 Å². The number of aromatic nitrogens is 2. The summed E-state index contributed by atoms with van der Waals surface area (Å²) < 4.78 is 50.2. The van der Waals surface area contributed by atoms with Gasteiger partial charge in [-0.3, -0.25) is 4.79 Å². The van der Waals surface area contributed by atoms with Crippen LogP contribution in [0.2, 0.25) is 25.7 Å². The number of primary sulfonamides is 1. The fourth-order valence-corrected chi connectivity index (χ4v) is 4.79. The van der Waals surface area contributed by atoms with Gasteiger partial charge in [0.2, 0.25) is 21.8 Å². The lowest BCUT2D eigenvalue weighted by Gasteiger charge is -2.15. The number of nitrogens with zero attached hydrogens (tertiary/aromatic N) is 2. The molecule has 0 bridgehead atoms. The molecule has 0 aliphatic heterocycles. The molecule has 0 amide bonds. The number of halogens is 1. The highest BCUT2D eigenvalue weighted by Gasteiger charge is 2.29. The van der Waals surface area contributed by atoms with Crippen LogP contribution < -0.4 is 9.88 Å². The second-order valence-corrected chi connectivity index (χ2v) is 16.9. The summed E-state index contributed by atoms with van der Waals surface area (Å²) in [6.07, 6.45) is 3.05. The van der Waals surface area contributed by atoms with Gasteiger partial charge in [0.25, 0.3) is 0 Å². The van der Waals surface area contributed by atoms with Crippen LogP contribution >= 0.6 is 0 Å². The van der Waals surface area contributed by atoms with Crippen molar-refractivity contribution in [1.29, 1.82) is 0 Å². The minimum atomic E-state index is -4.16. The van der Waals surface area contributed by atoms with Crippen LogP contribution in [0.4, 0.5) is 4.39 Å². The SMILES string of the molecule is CC(=O)n1nc(OCOCC[Si](C)(C)C)c(Cc2ccc(S(N)(=O)=O)c(F)c2)c1CC1CC1. The summed E-state index contributed by atoms with van der Waals surface area (Å²) >= 11 is 0. The minimum Gasteiger partial charge on any atom is -0.449 e. The number of benzene rings is 1. The Balaban J connectivity index is 1.87. The fraction of sp³-hybridized carbons (Fsp3) is 0.545. The van der Waals surface area contributed by atoms with Crippen molar-refractivity contribution in [1.82, 2.24) is 9.78 Å². The Morgan fingerprint density at radius 3 is 2.55 bits per heavy atom. The summed E-state index contributed by atoms with van der Waals surface area (Å²) in [5, 5.41) is 9.44. The number of ether oxygens (including phenoxy) is 2. The van der Waals surface area contributed by atoms with Crippen molar-refractivity contribution in [3.63, 3.8) is 0 Å². The largest absolute Gasteiger partial charge is 0.449 e. The van der Waals surface area contributed by atoms with Gasteiger partial charge in [-0.05, 0) is 48.9 Å². The molecule has 0 unspecified atom stereocenters. The Bertz CT molecular complexity index is 1120. The first-order valence-corrected chi connectivity index (χ1v) is 16.2. The molecule has 33 heavy (non-hydrogen) atoms. The monoisotopic (exact) mass is 497 g/mol. The maximum Gasteiger partial charge on any atom is 0.244 e. The number of hydrogen-bond donors (Lipinski definition) is 1. The van der Waals surface area contributed by atoms with E-state index in [1.54, 1.807) is 0 Å². The van der Waals surface area contributed by atoms with Gasteiger partial charge in [0.05, 0.1) is 5.69 Å². The number of carbonyl (C=O) groups is 1. The lowest BCUT2D eigenvalue weighted by Crippen LogP contribution is -2.22. The molecule has 3 rings (SSSR count). The van der Waals surface area contributed by atoms with Crippen molar-refractivity contribution in [3.8, 4) is 5.88 Å². The first-order chi connectivity index (χ1) is 15.3. The number of nitrogens with two attached hydrogens (primary N) is 1. The molecule has 1 saturated carbocycles. The van der Waals surface area contributed by atoms with Crippen LogP contribution in [0.3, 0.4) is 0 Å². The first-order valence-electron chi connectivity index (χ1n) is 11.0. The molecule has 0 radical (unpaired) electrons. The fourth-order valence-electron chi connectivity index (χ4n) is 3.45. The highest BCUT2D eigenvalue weighted by molar-refractivity contribution is 7.89. The van der Waals surface area contributed by atoms with Gasteiger partial charge in [-0.1, -0.05) is 25.7 Å². The molecule has 1 aliphatic carbocycles. The van der Waals surface area contributed by atoms with E-state index in [1.165, 1.54) is 17.7 Å². The third-order valence-corrected chi connectivity index (χ3v) is 8.14. The molecule has 1 aromatic carbocycles. The van der Waals surface area contributed by atoms with Gasteiger partial charge in [-0.15, -0.1) is 5.10 Å². The third kappa shape index (κ3) is 7.20. The average Bonchev–Trinajstić information content (AvgIpc) is 3.43. The summed E-state index contributed by atoms with van der Waals surface area (Å²) in [4.78, 5) is 11.7. The van der Waals surface area contributed by atoms with Crippen molar-refractivity contribution in [2.24, 2.45) is 11.1 Å². The van der Waals surface area contributed by atoms with E-state index < -0.39 is 28.8 Å². The van der Waals surface area contributed by atoms with Crippen LogP contribution in [0.1, 0.15) is 41.4 Å². The predicted molar refractivity (Wildman–Crippen MR) is 125 cm³/mol. The summed E-state index contributed by atoms with van der Waals surface area (Å²) in [6.45, 7) is 8.78. The summed E-state index contributed by atoms with van der Waals surface area (Å²) in [7, 11) is -5.39. The second-order valence-electron chi connectivity index (χ2n) is 9.78. The highest BCUT2D eigenvalue weighted by Crippen LogP contribution is 2.36. The number of hydrogen-bond acceptors (Lipinski definition) is 6. The van der Waals surface area contributed by atoms with Crippen molar-refractivity contribution in [2.45, 2.75) is 63.2 Å². The molecule has 182 valence electrons. The predicted octanol–water partition coefficient (Wildman–Crippen LogP) is 3.56. The number of carbonyl (C=O) groups excluding carboxylic acids is 1. The summed E-state index contributed by atoms with van der Waals surface area (Å²) in [5.41, 5.74) is 1.93. The first kappa shape index (κ1) is 25.5. The smallest absolute Gasteiger partial charge is 0.244 e. The van der Waals surface area contributed by atoms with Crippen LogP contribution in [0, 0.1) is 11.7 Å². The standard InChI is InChI=1S/C22H32FN3O5SSi/c1-15(27)26-20(13-16-5-6-16)18(22(25-26)31-14-30-9-10-33(2,3)4)11-17-7-8-21(19(23)12-17)32(24,28)29/h7-8,12,16H,5-6,9-11,13-14H2,1-4H3,(H2,24,28,29). The number of rotatable bonds is 11. The third-order valence-electron chi connectivity index (χ3n) is 5.49. The van der Waals surface area contributed by atoms with Crippen LogP contribution in [-0.4, -0.2) is 45.6 Å². The summed E-state index contributed by atoms with van der Waals surface area (Å²) in [6, 6.07) is 4.78. The summed E-state index contributed by atoms with van der Waals surface area (Å²) in [5.74, 6) is -0.419. The van der Waals surface area contributed by atoms with Gasteiger partial charge >= 0.3 is 0 Å². The van der Waals surface area contributed by atoms with Gasteiger partial charge < -0.3 is 9.47 Å². The van der Waals surface area contributed by atoms with Gasteiger partial charge in [0.15, 0.2) is 6.79 Å². The molecule has 1 fully saturated rings. The second kappa shape index (κ2) is 10.0. The average molecular weight is 498 g/mol. The molecule has 1 heterocycles. The van der Waals surface area contributed by atoms with E-state index in [0.29, 0.717) is 30.1 Å². The Morgan fingerprint density at radius 2 is 2.00 bits per heavy atom. The van der Waals surface area contributed by atoms with E-state index in [4.69, 9.17) is 14.6 Å². The highest BCUT2D eigenvalue weighted by atomic mass is 32.2. The topological polar surface area (TPSA) is 114 Å². The van der Waals surface area contributed by atoms with Crippen LogP contribution in [0.25, 0.3) is 0 Å². The molecule has 0 atom stereocenters. The zero-order valence-corrected chi connectivity index (χ0v) is 21.4. The molecule has 0 saturated heterocycles. The van der Waals surface area contributed by atoms with E-state index >= 15 is 0 Å². The molecule has 11 heteroatoms. The number of sulfonamides is 1. The van der Waals surface area contributed by atoms with E-state index in [9.17, 15) is 17.6 Å². The van der Waals surface area contributed by atoms with Crippen molar-refractivity contribution < 1.29 is 27.1 Å². The quantitative estimate of drug-likeness (QED) is 0.288. The lowest BCUT2D eigenvalue weighted by atomic mass is 10.0. The van der Waals surface area contributed by atoms with E-state index in [2.05, 4.69) is 24.7 Å². The van der Waals surface area contributed by atoms with E-state index in [0.717, 1.165) is 36.7 Å². The van der Waals surface area contributed by atoms with Crippen molar-refractivity contribution in [2.75, 3.05) is 13.4 Å². The van der Waals surface area contributed by atoms with Gasteiger partial charge in [0.1, 0.15) is 10.7 Å². The molecule has 2 aromatic rings. The molecule has 0 spiro atoms. The van der Waals surface area contributed by atoms with Gasteiger partial charge in [-0.2, -0.15) is 0 Å². The molecule has 2 N–H and O–H groups in total. The maximum absolute atomic E-state index is 14.4. The Kier molecular flexibility index (Phi) is 7.77. The van der Waals surface area contributed by atoms with Gasteiger partial charge in [0, 0.05) is 33.6 Å². The zero-order valence-electron chi connectivity index (χ0n) is 19.6. The van der Waals surface area contributed by atoms with Crippen LogP contribution in [0.5, 0.6) is 5.88 Å². The lowest BCUT2D eigenvalue weighted by molar-refractivity contribution is 0.0184. The maximum atomic E-state index is 14.4. The molecule has 1 aliphatic rings. The van der Waals surface area contributed by atoms with E-state index in [1.807, 2.05) is 0 Å². The zero-order chi connectivity index (χ0) is 24.4. The minimum absolute atomic E-state index is 0.00597. The van der Waals surface area contributed by atoms with Crippen LogP contribution in [0.15, 0.2) is 23.1 Å². The van der Waals surface area contributed by atoms with E-state index in [-0.39, 0.29) is 25.0 Å². The molecule has 8 nitrogen and oxygen atoms in total. The Morgan fingerprint density at radius 1 is 1.30 bits per heavy atom. The normalized spacial score (nSPS) is 14.5. The van der Waals surface area contributed by atoms with Gasteiger partial charge in [-0.25, -0.2) is 22.6 Å². The molecular weight excluding hydrogens is 465 g/mol. The molecular formula is C22H32FN3O5SSi. The van der Waals surface area contributed by atoms with Crippen molar-refractivity contribution >= 4 is 24.0 Å². The van der Waals surface area contributed by atoms with Crippen molar-refractivity contribution in [3.05, 3.63) is 40.8 Å².